The van der Waals surface area contributed by atoms with Gasteiger partial charge < -0.3 is 15.3 Å². The van der Waals surface area contributed by atoms with Crippen LogP contribution < -0.4 is 4.80 Å². The minimum Gasteiger partial charge on any atom is -0.504 e. The summed E-state index contributed by atoms with van der Waals surface area (Å²) in [5.74, 6) is -0.777. The SMILES string of the molecule is CN=c1scc(C2CC2)n1/N=C/c1ccc(O)c(O)c1O. The van der Waals surface area contributed by atoms with Crippen LogP contribution >= 0.6 is 11.3 Å². The van der Waals surface area contributed by atoms with E-state index in [1.807, 2.05) is 5.38 Å². The normalized spacial score (nSPS) is 16.0. The van der Waals surface area contributed by atoms with Crippen LogP contribution in [0.15, 0.2) is 27.6 Å². The highest BCUT2D eigenvalue weighted by Gasteiger charge is 2.27. The first-order valence-electron chi connectivity index (χ1n) is 6.53. The lowest BCUT2D eigenvalue weighted by atomic mass is 10.2. The molecule has 7 heteroatoms. The van der Waals surface area contributed by atoms with Crippen LogP contribution in [0.5, 0.6) is 17.2 Å². The van der Waals surface area contributed by atoms with Crippen molar-refractivity contribution in [3.05, 3.63) is 33.6 Å². The third kappa shape index (κ3) is 2.52. The topological polar surface area (TPSA) is 90.3 Å². The summed E-state index contributed by atoms with van der Waals surface area (Å²) in [5.41, 5.74) is 1.44. The minimum atomic E-state index is -0.544. The second-order valence-electron chi connectivity index (χ2n) is 4.87. The Hall–Kier alpha value is -2.28. The van der Waals surface area contributed by atoms with E-state index >= 15 is 0 Å². The van der Waals surface area contributed by atoms with Gasteiger partial charge in [0.25, 0.3) is 0 Å². The van der Waals surface area contributed by atoms with E-state index in [-0.39, 0.29) is 5.75 Å². The summed E-state index contributed by atoms with van der Waals surface area (Å²) >= 11 is 1.52. The fraction of sp³-hybridized carbons (Fsp3) is 0.286. The van der Waals surface area contributed by atoms with Crippen LogP contribution in [0.2, 0.25) is 0 Å². The number of rotatable bonds is 3. The Morgan fingerprint density at radius 2 is 2.00 bits per heavy atom. The van der Waals surface area contributed by atoms with Crippen molar-refractivity contribution in [3.8, 4) is 17.2 Å². The van der Waals surface area contributed by atoms with Crippen molar-refractivity contribution >= 4 is 17.6 Å². The molecule has 0 radical (unpaired) electrons. The Kier molecular flexibility index (Phi) is 3.42. The number of aromatic nitrogens is 1. The van der Waals surface area contributed by atoms with Crippen molar-refractivity contribution in [3.63, 3.8) is 0 Å². The molecule has 21 heavy (non-hydrogen) atoms. The third-order valence-corrected chi connectivity index (χ3v) is 4.30. The summed E-state index contributed by atoms with van der Waals surface area (Å²) in [7, 11) is 1.71. The van der Waals surface area contributed by atoms with Gasteiger partial charge in [-0.3, -0.25) is 4.99 Å². The zero-order valence-electron chi connectivity index (χ0n) is 11.4. The van der Waals surface area contributed by atoms with Crippen LogP contribution in [0.1, 0.15) is 30.0 Å². The van der Waals surface area contributed by atoms with Gasteiger partial charge in [-0.15, -0.1) is 11.3 Å². The van der Waals surface area contributed by atoms with Gasteiger partial charge in [-0.25, -0.2) is 4.68 Å². The van der Waals surface area contributed by atoms with Crippen molar-refractivity contribution in [1.29, 1.82) is 0 Å². The zero-order valence-corrected chi connectivity index (χ0v) is 12.2. The Morgan fingerprint density at radius 1 is 1.24 bits per heavy atom. The maximum absolute atomic E-state index is 9.79. The molecule has 0 spiro atoms. The molecule has 6 nitrogen and oxygen atoms in total. The van der Waals surface area contributed by atoms with Gasteiger partial charge in [0.15, 0.2) is 11.5 Å². The quantitative estimate of drug-likeness (QED) is 0.598. The predicted octanol–water partition coefficient (Wildman–Crippen LogP) is 1.96. The number of hydrogen-bond donors (Lipinski definition) is 3. The van der Waals surface area contributed by atoms with E-state index in [2.05, 4.69) is 10.1 Å². The molecule has 110 valence electrons. The molecule has 1 fully saturated rings. The van der Waals surface area contributed by atoms with Crippen LogP contribution in [0.3, 0.4) is 0 Å². The molecule has 1 saturated carbocycles. The molecule has 2 aromatic rings. The standard InChI is InChI=1S/C14H15N3O3S/c1-15-14-17(10(7-21-14)8-2-3-8)16-6-9-4-5-11(18)13(20)12(9)19/h4-8,18-20H,2-3H2,1H3/b15-14?,16-6+. The van der Waals surface area contributed by atoms with Crippen LogP contribution in [0.4, 0.5) is 0 Å². The lowest BCUT2D eigenvalue weighted by molar-refractivity contribution is 0.367. The molecule has 0 bridgehead atoms. The number of hydrogen-bond acceptors (Lipinski definition) is 6. The first kappa shape index (κ1) is 13.7. The third-order valence-electron chi connectivity index (χ3n) is 3.37. The molecule has 3 rings (SSSR count). The first-order chi connectivity index (χ1) is 10.1. The van der Waals surface area contributed by atoms with Crippen LogP contribution in [0.25, 0.3) is 0 Å². The van der Waals surface area contributed by atoms with E-state index in [0.717, 1.165) is 23.3 Å². The fourth-order valence-electron chi connectivity index (χ4n) is 2.04. The highest BCUT2D eigenvalue weighted by atomic mass is 32.1. The second-order valence-corrected chi connectivity index (χ2v) is 5.71. The summed E-state index contributed by atoms with van der Waals surface area (Å²) in [5, 5.41) is 35.0. The summed E-state index contributed by atoms with van der Waals surface area (Å²) in [6.07, 6.45) is 3.75. The summed E-state index contributed by atoms with van der Waals surface area (Å²) in [6.45, 7) is 0. The van der Waals surface area contributed by atoms with Gasteiger partial charge in [-0.1, -0.05) is 0 Å². The van der Waals surface area contributed by atoms with Crippen LogP contribution in [-0.2, 0) is 0 Å². The number of aromatic hydroxyl groups is 3. The zero-order chi connectivity index (χ0) is 15.0. The Balaban J connectivity index is 2.01. The maximum Gasteiger partial charge on any atom is 0.205 e. The summed E-state index contributed by atoms with van der Waals surface area (Å²) in [4.78, 5) is 4.96. The number of phenols is 3. The lowest BCUT2D eigenvalue weighted by Gasteiger charge is -2.04. The van der Waals surface area contributed by atoms with Crippen LogP contribution in [0, 0.1) is 0 Å². The van der Waals surface area contributed by atoms with E-state index in [1.54, 1.807) is 11.7 Å². The smallest absolute Gasteiger partial charge is 0.205 e. The number of thiazole rings is 1. The molecule has 1 aliphatic carbocycles. The fourth-order valence-corrected chi connectivity index (χ4v) is 2.92. The molecule has 0 unspecified atom stereocenters. The molecule has 0 amide bonds. The maximum atomic E-state index is 9.79. The van der Waals surface area contributed by atoms with E-state index in [9.17, 15) is 15.3 Å². The predicted molar refractivity (Wildman–Crippen MR) is 80.2 cm³/mol. The van der Waals surface area contributed by atoms with Gasteiger partial charge in [-0.2, -0.15) is 5.10 Å². The van der Waals surface area contributed by atoms with Gasteiger partial charge in [0.1, 0.15) is 0 Å². The Labute approximate surface area is 125 Å². The van der Waals surface area contributed by atoms with Gasteiger partial charge in [0.2, 0.25) is 10.6 Å². The van der Waals surface area contributed by atoms with Crippen LogP contribution in [-0.4, -0.2) is 33.3 Å². The second kappa shape index (κ2) is 5.25. The van der Waals surface area contributed by atoms with Crippen molar-refractivity contribution in [2.75, 3.05) is 7.05 Å². The first-order valence-corrected chi connectivity index (χ1v) is 7.41. The largest absolute Gasteiger partial charge is 0.504 e. The molecule has 1 aromatic carbocycles. The number of nitrogens with zero attached hydrogens (tertiary/aromatic N) is 3. The molecule has 0 saturated heterocycles. The molecule has 1 aliphatic rings. The van der Waals surface area contributed by atoms with E-state index in [0.29, 0.717) is 11.5 Å². The van der Waals surface area contributed by atoms with E-state index in [4.69, 9.17) is 0 Å². The molecular formula is C14H15N3O3S. The lowest BCUT2D eigenvalue weighted by Crippen LogP contribution is -2.12. The molecule has 0 atom stereocenters. The monoisotopic (exact) mass is 305 g/mol. The van der Waals surface area contributed by atoms with E-state index < -0.39 is 11.5 Å². The average molecular weight is 305 g/mol. The molecular weight excluding hydrogens is 290 g/mol. The summed E-state index contributed by atoms with van der Waals surface area (Å²) in [6, 6.07) is 2.79. The highest BCUT2D eigenvalue weighted by molar-refractivity contribution is 7.07. The minimum absolute atomic E-state index is 0.327. The summed E-state index contributed by atoms with van der Waals surface area (Å²) < 4.78 is 1.76. The molecule has 0 aliphatic heterocycles. The van der Waals surface area contributed by atoms with Crippen molar-refractivity contribution < 1.29 is 15.3 Å². The van der Waals surface area contributed by atoms with Crippen molar-refractivity contribution in [2.45, 2.75) is 18.8 Å². The molecule has 1 aromatic heterocycles. The number of benzene rings is 1. The average Bonchev–Trinajstić information content (AvgIpc) is 3.25. The van der Waals surface area contributed by atoms with Crippen molar-refractivity contribution in [1.82, 2.24) is 4.68 Å². The molecule has 1 heterocycles. The van der Waals surface area contributed by atoms with Gasteiger partial charge in [-0.05, 0) is 25.0 Å². The number of phenolic OH excluding ortho intramolecular Hbond substituents is 3. The van der Waals surface area contributed by atoms with Gasteiger partial charge in [0, 0.05) is 23.9 Å². The van der Waals surface area contributed by atoms with Gasteiger partial charge in [0.05, 0.1) is 11.9 Å². The van der Waals surface area contributed by atoms with Gasteiger partial charge >= 0.3 is 0 Å². The van der Waals surface area contributed by atoms with Crippen molar-refractivity contribution in [2.24, 2.45) is 10.1 Å². The Bertz CT molecular complexity index is 772. The Morgan fingerprint density at radius 3 is 2.67 bits per heavy atom. The highest BCUT2D eigenvalue weighted by Crippen LogP contribution is 2.40. The molecule has 3 N–H and O–H groups in total. The van der Waals surface area contributed by atoms with E-state index in [1.165, 1.54) is 29.7 Å².